The van der Waals surface area contributed by atoms with E-state index in [1.165, 1.54) is 23.3 Å². The minimum absolute atomic E-state index is 0.138. The van der Waals surface area contributed by atoms with E-state index in [4.69, 9.17) is 10.2 Å². The Hall–Kier alpha value is -2.38. The number of amides is 1. The molecule has 1 amide bonds. The molecule has 8 heteroatoms. The van der Waals surface area contributed by atoms with E-state index in [1.54, 1.807) is 0 Å². The topological polar surface area (TPSA) is 113 Å². The van der Waals surface area contributed by atoms with Gasteiger partial charge in [0.1, 0.15) is 19.6 Å². The standard InChI is InChI=1S/C9H11N3O5/c13-7(3-11-2-1-10-6-11)12(4-8(14)15)5-9(16)17/h1-2,6H,3-5H2,(H,14,15)(H,16,17). The van der Waals surface area contributed by atoms with Gasteiger partial charge in [-0.2, -0.15) is 0 Å². The number of imidazole rings is 1. The Labute approximate surface area is 96.1 Å². The molecule has 0 radical (unpaired) electrons. The molecule has 17 heavy (non-hydrogen) atoms. The highest BCUT2D eigenvalue weighted by Crippen LogP contribution is 1.95. The summed E-state index contributed by atoms with van der Waals surface area (Å²) in [4.78, 5) is 37.1. The van der Waals surface area contributed by atoms with E-state index in [2.05, 4.69) is 4.98 Å². The first-order valence-electron chi connectivity index (χ1n) is 4.66. The number of carboxylic acid groups (broad SMARTS) is 2. The molecule has 1 heterocycles. The van der Waals surface area contributed by atoms with Crippen LogP contribution in [0.5, 0.6) is 0 Å². The molecule has 1 aromatic heterocycles. The van der Waals surface area contributed by atoms with Crippen LogP contribution in [0.1, 0.15) is 0 Å². The molecule has 0 atom stereocenters. The molecule has 1 rings (SSSR count). The first kappa shape index (κ1) is 12.7. The van der Waals surface area contributed by atoms with Gasteiger partial charge in [0, 0.05) is 12.4 Å². The molecule has 92 valence electrons. The van der Waals surface area contributed by atoms with Crippen molar-refractivity contribution in [2.75, 3.05) is 13.1 Å². The van der Waals surface area contributed by atoms with E-state index in [-0.39, 0.29) is 6.54 Å². The molecule has 0 bridgehead atoms. The highest BCUT2D eigenvalue weighted by Gasteiger charge is 2.19. The van der Waals surface area contributed by atoms with Crippen molar-refractivity contribution in [1.82, 2.24) is 14.5 Å². The Balaban J connectivity index is 2.65. The third kappa shape index (κ3) is 4.33. The predicted octanol–water partition coefficient (Wildman–Crippen LogP) is -1.12. The van der Waals surface area contributed by atoms with E-state index in [1.807, 2.05) is 0 Å². The van der Waals surface area contributed by atoms with E-state index in [0.29, 0.717) is 0 Å². The third-order valence-electron chi connectivity index (χ3n) is 1.88. The fourth-order valence-corrected chi connectivity index (χ4v) is 1.20. The molecule has 0 aliphatic rings. The van der Waals surface area contributed by atoms with Crippen LogP contribution in [0.3, 0.4) is 0 Å². The second kappa shape index (κ2) is 5.64. The number of hydrogen-bond donors (Lipinski definition) is 2. The predicted molar refractivity (Wildman–Crippen MR) is 54.1 cm³/mol. The smallest absolute Gasteiger partial charge is 0.323 e. The number of hydrogen-bond acceptors (Lipinski definition) is 4. The van der Waals surface area contributed by atoms with Crippen molar-refractivity contribution in [3.05, 3.63) is 18.7 Å². The second-order valence-corrected chi connectivity index (χ2v) is 3.27. The number of carbonyl (C=O) groups is 3. The van der Waals surface area contributed by atoms with Crippen LogP contribution in [0.15, 0.2) is 18.7 Å². The lowest BCUT2D eigenvalue weighted by Crippen LogP contribution is -2.41. The lowest BCUT2D eigenvalue weighted by Gasteiger charge is -2.18. The quantitative estimate of drug-likeness (QED) is 0.652. The minimum Gasteiger partial charge on any atom is -0.480 e. The number of carboxylic acids is 2. The Morgan fingerprint density at radius 3 is 2.18 bits per heavy atom. The maximum atomic E-state index is 11.6. The summed E-state index contributed by atoms with van der Waals surface area (Å²) in [5.41, 5.74) is 0. The van der Waals surface area contributed by atoms with Crippen molar-refractivity contribution in [2.24, 2.45) is 0 Å². The lowest BCUT2D eigenvalue weighted by atomic mass is 10.4. The number of rotatable bonds is 6. The highest BCUT2D eigenvalue weighted by molar-refractivity contribution is 5.84. The molecule has 0 fully saturated rings. The van der Waals surface area contributed by atoms with E-state index >= 15 is 0 Å². The lowest BCUT2D eigenvalue weighted by molar-refractivity contribution is -0.149. The molecule has 0 aliphatic carbocycles. The maximum Gasteiger partial charge on any atom is 0.323 e. The van der Waals surface area contributed by atoms with Gasteiger partial charge < -0.3 is 19.7 Å². The second-order valence-electron chi connectivity index (χ2n) is 3.27. The largest absolute Gasteiger partial charge is 0.480 e. The molecular weight excluding hydrogens is 230 g/mol. The Morgan fingerprint density at radius 1 is 1.18 bits per heavy atom. The van der Waals surface area contributed by atoms with Gasteiger partial charge in [-0.25, -0.2) is 4.98 Å². The summed E-state index contributed by atoms with van der Waals surface area (Å²) in [5.74, 6) is -3.11. The molecule has 0 aromatic carbocycles. The van der Waals surface area contributed by atoms with Crippen LogP contribution in [-0.4, -0.2) is 55.6 Å². The van der Waals surface area contributed by atoms with E-state index in [9.17, 15) is 14.4 Å². The summed E-state index contributed by atoms with van der Waals surface area (Å²) in [6, 6.07) is 0. The number of carbonyl (C=O) groups excluding carboxylic acids is 1. The summed E-state index contributed by atoms with van der Waals surface area (Å²) < 4.78 is 1.43. The zero-order chi connectivity index (χ0) is 12.8. The molecule has 8 nitrogen and oxygen atoms in total. The van der Waals surface area contributed by atoms with Crippen molar-refractivity contribution in [2.45, 2.75) is 6.54 Å². The zero-order valence-corrected chi connectivity index (χ0v) is 8.81. The first-order chi connectivity index (χ1) is 7.99. The summed E-state index contributed by atoms with van der Waals surface area (Å²) in [6.07, 6.45) is 4.38. The van der Waals surface area contributed by atoms with Crippen molar-refractivity contribution in [1.29, 1.82) is 0 Å². The fourth-order valence-electron chi connectivity index (χ4n) is 1.20. The third-order valence-corrected chi connectivity index (χ3v) is 1.88. The van der Waals surface area contributed by atoms with Gasteiger partial charge in [0.05, 0.1) is 6.33 Å². The van der Waals surface area contributed by atoms with Crippen molar-refractivity contribution in [3.63, 3.8) is 0 Å². The summed E-state index contributed by atoms with van der Waals surface area (Å²) in [5, 5.41) is 17.1. The van der Waals surface area contributed by atoms with Gasteiger partial charge in [-0.05, 0) is 0 Å². The van der Waals surface area contributed by atoms with E-state index in [0.717, 1.165) is 4.90 Å². The van der Waals surface area contributed by atoms with Gasteiger partial charge in [-0.15, -0.1) is 0 Å². The molecule has 0 unspecified atom stereocenters. The molecule has 0 aliphatic heterocycles. The highest BCUT2D eigenvalue weighted by atomic mass is 16.4. The monoisotopic (exact) mass is 241 g/mol. The van der Waals surface area contributed by atoms with Crippen molar-refractivity contribution < 1.29 is 24.6 Å². The molecular formula is C9H11N3O5. The van der Waals surface area contributed by atoms with Gasteiger partial charge in [-0.1, -0.05) is 0 Å². The number of aromatic nitrogens is 2. The number of nitrogens with zero attached hydrogens (tertiary/aromatic N) is 3. The average molecular weight is 241 g/mol. The summed E-state index contributed by atoms with van der Waals surface area (Å²) >= 11 is 0. The van der Waals surface area contributed by atoms with Gasteiger partial charge in [0.15, 0.2) is 0 Å². The summed E-state index contributed by atoms with van der Waals surface area (Å²) in [7, 11) is 0. The van der Waals surface area contributed by atoms with Crippen molar-refractivity contribution in [3.8, 4) is 0 Å². The van der Waals surface area contributed by atoms with Crippen LogP contribution in [0.25, 0.3) is 0 Å². The van der Waals surface area contributed by atoms with Crippen LogP contribution < -0.4 is 0 Å². The molecule has 0 saturated carbocycles. The van der Waals surface area contributed by atoms with Gasteiger partial charge >= 0.3 is 11.9 Å². The van der Waals surface area contributed by atoms with Gasteiger partial charge in [-0.3, -0.25) is 14.4 Å². The van der Waals surface area contributed by atoms with Crippen LogP contribution in [0, 0.1) is 0 Å². The van der Waals surface area contributed by atoms with Crippen molar-refractivity contribution >= 4 is 17.8 Å². The SMILES string of the molecule is O=C(O)CN(CC(=O)O)C(=O)Cn1ccnc1. The normalized spacial score (nSPS) is 9.88. The Morgan fingerprint density at radius 2 is 1.76 bits per heavy atom. The number of aliphatic carboxylic acids is 2. The fraction of sp³-hybridized carbons (Fsp3) is 0.333. The van der Waals surface area contributed by atoms with E-state index < -0.39 is 30.9 Å². The van der Waals surface area contributed by atoms with Gasteiger partial charge in [0.2, 0.25) is 5.91 Å². The molecule has 0 spiro atoms. The van der Waals surface area contributed by atoms with Crippen LogP contribution in [-0.2, 0) is 20.9 Å². The summed E-state index contributed by atoms with van der Waals surface area (Å²) in [6.45, 7) is -1.42. The van der Waals surface area contributed by atoms with Crippen LogP contribution in [0.2, 0.25) is 0 Å². The zero-order valence-electron chi connectivity index (χ0n) is 8.81. The average Bonchev–Trinajstić information content (AvgIpc) is 2.67. The Bertz CT molecular complexity index is 398. The molecule has 1 aromatic rings. The van der Waals surface area contributed by atoms with Gasteiger partial charge in [0.25, 0.3) is 0 Å². The minimum atomic E-state index is -1.26. The van der Waals surface area contributed by atoms with Crippen LogP contribution in [0.4, 0.5) is 0 Å². The Kier molecular flexibility index (Phi) is 4.21. The first-order valence-corrected chi connectivity index (χ1v) is 4.66. The molecule has 0 saturated heterocycles. The maximum absolute atomic E-state index is 11.6. The van der Waals surface area contributed by atoms with Crippen LogP contribution >= 0.6 is 0 Å². The molecule has 2 N–H and O–H groups in total.